The number of aryl methyl sites for hydroxylation is 1. The monoisotopic (exact) mass is 351 g/mol. The van der Waals surface area contributed by atoms with E-state index in [1.807, 2.05) is 6.92 Å². The van der Waals surface area contributed by atoms with Crippen LogP contribution in [0.1, 0.15) is 30.6 Å². The number of carbonyl (C=O) groups is 1. The van der Waals surface area contributed by atoms with E-state index < -0.39 is 0 Å². The number of anilines is 2. The summed E-state index contributed by atoms with van der Waals surface area (Å²) in [6.45, 7) is 5.58. The number of nitrogens with one attached hydrogen (secondary N) is 2. The first-order valence-corrected chi connectivity index (χ1v) is 7.66. The van der Waals surface area contributed by atoms with Crippen molar-refractivity contribution in [2.45, 2.75) is 26.8 Å². The van der Waals surface area contributed by atoms with E-state index in [1.165, 1.54) is 0 Å². The third-order valence-electron chi connectivity index (χ3n) is 2.86. The molecule has 0 aliphatic heterocycles. The fraction of sp³-hybridized carbons (Fsp3) is 0.357. The fourth-order valence-electron chi connectivity index (χ4n) is 1.80. The molecule has 0 radical (unpaired) electrons. The minimum atomic E-state index is -0.210. The van der Waals surface area contributed by atoms with Crippen LogP contribution in [0.3, 0.4) is 0 Å². The van der Waals surface area contributed by atoms with E-state index >= 15 is 0 Å². The Morgan fingerprint density at radius 1 is 1.38 bits per heavy atom. The molecule has 1 amide bonds. The first-order chi connectivity index (χ1) is 10.1. The molecule has 2 heterocycles. The van der Waals surface area contributed by atoms with E-state index in [2.05, 4.69) is 43.6 Å². The third kappa shape index (κ3) is 4.04. The largest absolute Gasteiger partial charge is 0.369 e. The summed E-state index contributed by atoms with van der Waals surface area (Å²) in [4.78, 5) is 16.7. The molecule has 0 aliphatic rings. The van der Waals surface area contributed by atoms with Crippen LogP contribution in [0.4, 0.5) is 11.5 Å². The van der Waals surface area contributed by atoms with Gasteiger partial charge in [0.05, 0.1) is 17.4 Å². The van der Waals surface area contributed by atoms with Crippen LogP contribution in [-0.4, -0.2) is 27.2 Å². The van der Waals surface area contributed by atoms with Crippen molar-refractivity contribution < 1.29 is 4.79 Å². The molecule has 0 aromatic carbocycles. The van der Waals surface area contributed by atoms with Gasteiger partial charge in [0.2, 0.25) is 0 Å². The van der Waals surface area contributed by atoms with Gasteiger partial charge in [-0.1, -0.05) is 6.92 Å². The molecule has 0 aliphatic carbocycles. The maximum absolute atomic E-state index is 12.4. The second-order valence-corrected chi connectivity index (χ2v) is 5.43. The van der Waals surface area contributed by atoms with Gasteiger partial charge < -0.3 is 10.6 Å². The summed E-state index contributed by atoms with van der Waals surface area (Å²) in [6.07, 6.45) is 6.06. The number of nitrogens with zero attached hydrogens (tertiary/aromatic N) is 3. The smallest absolute Gasteiger partial charge is 0.259 e. The van der Waals surface area contributed by atoms with Crippen LogP contribution in [0.5, 0.6) is 0 Å². The number of carbonyl (C=O) groups excluding carboxylic acids is 1. The lowest BCUT2D eigenvalue weighted by molar-refractivity contribution is 0.102. The molecule has 7 heteroatoms. The number of halogens is 1. The Balaban J connectivity index is 2.18. The number of hydrogen-bond donors (Lipinski definition) is 2. The molecule has 0 bridgehead atoms. The van der Waals surface area contributed by atoms with Gasteiger partial charge in [0, 0.05) is 30.0 Å². The minimum Gasteiger partial charge on any atom is -0.369 e. The van der Waals surface area contributed by atoms with Crippen molar-refractivity contribution in [3.63, 3.8) is 0 Å². The van der Waals surface area contributed by atoms with E-state index in [0.29, 0.717) is 17.1 Å². The van der Waals surface area contributed by atoms with Crippen molar-refractivity contribution in [2.75, 3.05) is 17.2 Å². The highest BCUT2D eigenvalue weighted by Crippen LogP contribution is 2.19. The van der Waals surface area contributed by atoms with Crippen molar-refractivity contribution >= 4 is 33.3 Å². The second kappa shape index (κ2) is 7.21. The molecule has 6 nitrogen and oxygen atoms in total. The van der Waals surface area contributed by atoms with Crippen LogP contribution in [-0.2, 0) is 6.54 Å². The molecule has 21 heavy (non-hydrogen) atoms. The van der Waals surface area contributed by atoms with Gasteiger partial charge in [-0.05, 0) is 35.3 Å². The zero-order chi connectivity index (χ0) is 15.2. The van der Waals surface area contributed by atoms with Gasteiger partial charge in [0.1, 0.15) is 5.82 Å². The van der Waals surface area contributed by atoms with Crippen LogP contribution < -0.4 is 10.6 Å². The zero-order valence-corrected chi connectivity index (χ0v) is 13.6. The van der Waals surface area contributed by atoms with Crippen molar-refractivity contribution in [3.05, 3.63) is 34.7 Å². The lowest BCUT2D eigenvalue weighted by atomic mass is 10.2. The molecule has 2 rings (SSSR count). The summed E-state index contributed by atoms with van der Waals surface area (Å²) in [5, 5.41) is 10.1. The maximum Gasteiger partial charge on any atom is 0.259 e. The molecule has 2 N–H and O–H groups in total. The van der Waals surface area contributed by atoms with Gasteiger partial charge in [-0.3, -0.25) is 9.48 Å². The Kier molecular flexibility index (Phi) is 5.32. The molecule has 0 atom stereocenters. The quantitative estimate of drug-likeness (QED) is 0.838. The predicted molar refractivity (Wildman–Crippen MR) is 86.6 cm³/mol. The first kappa shape index (κ1) is 15.5. The van der Waals surface area contributed by atoms with Gasteiger partial charge >= 0.3 is 0 Å². The third-order valence-corrected chi connectivity index (χ3v) is 3.29. The van der Waals surface area contributed by atoms with Gasteiger partial charge in [0.25, 0.3) is 5.91 Å². The van der Waals surface area contributed by atoms with Gasteiger partial charge in [0.15, 0.2) is 0 Å². The topological polar surface area (TPSA) is 71.8 Å². The number of pyridine rings is 1. The predicted octanol–water partition coefficient (Wildman–Crippen LogP) is 3.13. The summed E-state index contributed by atoms with van der Waals surface area (Å²) in [5.74, 6) is 0.374. The highest BCUT2D eigenvalue weighted by atomic mass is 79.9. The highest BCUT2D eigenvalue weighted by Gasteiger charge is 2.14. The van der Waals surface area contributed by atoms with E-state index in [-0.39, 0.29) is 5.91 Å². The SMILES string of the molecule is CCCNc1ncc(Br)cc1C(=O)Nc1cnn(CC)c1. The Bertz CT molecular complexity index is 626. The fourth-order valence-corrected chi connectivity index (χ4v) is 2.13. The van der Waals surface area contributed by atoms with E-state index in [0.717, 1.165) is 24.0 Å². The number of hydrogen-bond acceptors (Lipinski definition) is 4. The molecule has 2 aromatic heterocycles. The molecular formula is C14H18BrN5O. The van der Waals surface area contributed by atoms with Gasteiger partial charge in [-0.2, -0.15) is 5.10 Å². The molecule has 0 fully saturated rings. The van der Waals surface area contributed by atoms with E-state index in [1.54, 1.807) is 29.3 Å². The number of aromatic nitrogens is 3. The van der Waals surface area contributed by atoms with E-state index in [9.17, 15) is 4.79 Å². The van der Waals surface area contributed by atoms with Crippen LogP contribution in [0.15, 0.2) is 29.1 Å². The highest BCUT2D eigenvalue weighted by molar-refractivity contribution is 9.10. The number of amides is 1. The maximum atomic E-state index is 12.4. The summed E-state index contributed by atoms with van der Waals surface area (Å²) in [6, 6.07) is 1.75. The second-order valence-electron chi connectivity index (χ2n) is 4.52. The standard InChI is InChI=1S/C14H18BrN5O/c1-3-5-16-13-12(6-10(15)7-17-13)14(21)19-11-8-18-20(4-2)9-11/h6-9H,3-5H2,1-2H3,(H,16,17)(H,19,21). The van der Waals surface area contributed by atoms with Crippen LogP contribution in [0, 0.1) is 0 Å². The molecular weight excluding hydrogens is 334 g/mol. The van der Waals surface area contributed by atoms with Gasteiger partial charge in [-0.25, -0.2) is 4.98 Å². The number of rotatable bonds is 6. The van der Waals surface area contributed by atoms with Crippen LogP contribution in [0.25, 0.3) is 0 Å². The Morgan fingerprint density at radius 3 is 2.86 bits per heavy atom. The van der Waals surface area contributed by atoms with Gasteiger partial charge in [-0.15, -0.1) is 0 Å². The minimum absolute atomic E-state index is 0.210. The zero-order valence-electron chi connectivity index (χ0n) is 12.1. The van der Waals surface area contributed by atoms with Crippen molar-refractivity contribution in [3.8, 4) is 0 Å². The Morgan fingerprint density at radius 2 is 2.19 bits per heavy atom. The molecule has 112 valence electrons. The summed E-state index contributed by atoms with van der Waals surface area (Å²) in [5.41, 5.74) is 1.17. The lowest BCUT2D eigenvalue weighted by Crippen LogP contribution is -2.16. The first-order valence-electron chi connectivity index (χ1n) is 6.87. The van der Waals surface area contributed by atoms with Crippen LogP contribution >= 0.6 is 15.9 Å². The summed E-state index contributed by atoms with van der Waals surface area (Å²) in [7, 11) is 0. The molecule has 0 saturated carbocycles. The molecule has 0 spiro atoms. The lowest BCUT2D eigenvalue weighted by Gasteiger charge is -2.10. The normalized spacial score (nSPS) is 10.4. The summed E-state index contributed by atoms with van der Waals surface area (Å²) >= 11 is 3.35. The Labute approximate surface area is 132 Å². The molecule has 0 unspecified atom stereocenters. The van der Waals surface area contributed by atoms with Crippen LogP contribution in [0.2, 0.25) is 0 Å². The van der Waals surface area contributed by atoms with Crippen molar-refractivity contribution in [2.24, 2.45) is 0 Å². The molecule has 2 aromatic rings. The van der Waals surface area contributed by atoms with Crippen molar-refractivity contribution in [1.82, 2.24) is 14.8 Å². The molecule has 0 saturated heterocycles. The Hall–Kier alpha value is -1.89. The average molecular weight is 352 g/mol. The van der Waals surface area contributed by atoms with Crippen molar-refractivity contribution in [1.29, 1.82) is 0 Å². The summed E-state index contributed by atoms with van der Waals surface area (Å²) < 4.78 is 2.52. The average Bonchev–Trinajstić information content (AvgIpc) is 2.93. The van der Waals surface area contributed by atoms with E-state index in [4.69, 9.17) is 0 Å².